The molecule has 74 heavy (non-hydrogen) atoms. The highest BCUT2D eigenvalue weighted by atomic mass is 15.1. The van der Waals surface area contributed by atoms with Gasteiger partial charge in [0, 0.05) is 47.4 Å². The molecule has 0 bridgehead atoms. The Bertz CT molecular complexity index is 3960. The molecule has 0 aromatic heterocycles. The van der Waals surface area contributed by atoms with Crippen LogP contribution in [0.25, 0.3) is 77.2 Å². The third-order valence-corrected chi connectivity index (χ3v) is 17.4. The molecule has 0 saturated carbocycles. The molecule has 2 heteroatoms. The molecule has 0 amide bonds. The second-order valence-corrected chi connectivity index (χ2v) is 22.0. The van der Waals surface area contributed by atoms with Crippen LogP contribution in [-0.2, 0) is 23.7 Å². The summed E-state index contributed by atoms with van der Waals surface area (Å²) < 4.78 is 0. The van der Waals surface area contributed by atoms with Gasteiger partial charge in [-0.25, -0.2) is 0 Å². The van der Waals surface area contributed by atoms with E-state index in [4.69, 9.17) is 0 Å². The fraction of sp³-hybridized carbons (Fsp3) is 0.139. The first-order valence-electron chi connectivity index (χ1n) is 26.4. The minimum atomic E-state index is -0.195. The van der Waals surface area contributed by atoms with Crippen LogP contribution in [0.1, 0.15) is 72.2 Å². The molecule has 0 saturated heterocycles. The van der Waals surface area contributed by atoms with E-state index in [1.165, 1.54) is 144 Å². The van der Waals surface area contributed by atoms with E-state index in [2.05, 4.69) is 270 Å². The van der Waals surface area contributed by atoms with E-state index in [1.54, 1.807) is 0 Å². The molecule has 2 heterocycles. The average Bonchev–Trinajstić information content (AvgIpc) is 3.49. The summed E-state index contributed by atoms with van der Waals surface area (Å²) in [7, 11) is 4.52. The van der Waals surface area contributed by atoms with Crippen molar-refractivity contribution in [3.63, 3.8) is 0 Å². The van der Waals surface area contributed by atoms with Gasteiger partial charge in [0.25, 0.3) is 0 Å². The molecule has 3 aliphatic rings. The van der Waals surface area contributed by atoms with Crippen LogP contribution in [0.3, 0.4) is 0 Å². The molecular formula is C72H58N2. The van der Waals surface area contributed by atoms with E-state index in [-0.39, 0.29) is 10.8 Å². The van der Waals surface area contributed by atoms with Crippen LogP contribution in [0, 0.1) is 0 Å². The maximum atomic E-state index is 2.55. The zero-order valence-electron chi connectivity index (χ0n) is 43.1. The second kappa shape index (κ2) is 16.5. The van der Waals surface area contributed by atoms with Crippen molar-refractivity contribution in [2.24, 2.45) is 0 Å². The smallest absolute Gasteiger partial charge is 0.0529 e. The minimum absolute atomic E-state index is 0.195. The van der Waals surface area contributed by atoms with Gasteiger partial charge in [0.2, 0.25) is 0 Å². The zero-order chi connectivity index (χ0) is 50.0. The maximum absolute atomic E-state index is 2.55. The minimum Gasteiger partial charge on any atom is -0.344 e. The number of benzene rings is 11. The van der Waals surface area contributed by atoms with Gasteiger partial charge < -0.3 is 9.80 Å². The lowest BCUT2D eigenvalue weighted by Crippen LogP contribution is -2.31. The number of anilines is 4. The number of hydrogen-bond donors (Lipinski definition) is 0. The molecule has 0 radical (unpaired) electrons. The Labute approximate surface area is 435 Å². The van der Waals surface area contributed by atoms with E-state index in [1.807, 2.05) is 0 Å². The average molecular weight is 951 g/mol. The third-order valence-electron chi connectivity index (χ3n) is 17.4. The first-order valence-corrected chi connectivity index (χ1v) is 26.4. The summed E-state index contributed by atoms with van der Waals surface area (Å²) in [5, 5.41) is 4.99. The van der Waals surface area contributed by atoms with Crippen LogP contribution in [-0.4, -0.2) is 14.1 Å². The highest BCUT2D eigenvalue weighted by Gasteiger charge is 2.38. The zero-order valence-corrected chi connectivity index (χ0v) is 43.1. The molecular weight excluding hydrogens is 893 g/mol. The molecule has 11 aromatic rings. The summed E-state index contributed by atoms with van der Waals surface area (Å²) in [6, 6.07) is 83.1. The first kappa shape index (κ1) is 44.3. The van der Waals surface area contributed by atoms with E-state index in [9.17, 15) is 0 Å². The number of rotatable bonds is 3. The highest BCUT2D eigenvalue weighted by Crippen LogP contribution is 2.56. The Kier molecular flexibility index (Phi) is 9.89. The number of para-hydroxylation sites is 4. The molecule has 0 spiro atoms. The van der Waals surface area contributed by atoms with E-state index >= 15 is 0 Å². The Balaban J connectivity index is 1.10. The number of hydrogen-bond acceptors (Lipinski definition) is 2. The normalized spacial score (nSPS) is 14.7. The van der Waals surface area contributed by atoms with Crippen LogP contribution < -0.4 is 9.80 Å². The quantitative estimate of drug-likeness (QED) is 0.163. The summed E-state index contributed by atoms with van der Waals surface area (Å²) in [6.07, 6.45) is 1.64. The van der Waals surface area contributed by atoms with Gasteiger partial charge in [0.1, 0.15) is 0 Å². The summed E-state index contributed by atoms with van der Waals surface area (Å²) >= 11 is 0. The van der Waals surface area contributed by atoms with Crippen molar-refractivity contribution in [2.75, 3.05) is 23.9 Å². The van der Waals surface area contributed by atoms with E-state index in [0.717, 1.165) is 12.8 Å². The van der Waals surface area contributed by atoms with Gasteiger partial charge in [-0.15, -0.1) is 0 Å². The van der Waals surface area contributed by atoms with Crippen molar-refractivity contribution < 1.29 is 0 Å². The fourth-order valence-electron chi connectivity index (χ4n) is 13.8. The number of nitrogens with zero attached hydrogens (tertiary/aromatic N) is 2. The molecule has 0 unspecified atom stereocenters. The largest absolute Gasteiger partial charge is 0.344 e. The van der Waals surface area contributed by atoms with Gasteiger partial charge in [-0.1, -0.05) is 228 Å². The van der Waals surface area contributed by atoms with Gasteiger partial charge >= 0.3 is 0 Å². The van der Waals surface area contributed by atoms with Crippen LogP contribution >= 0.6 is 0 Å². The molecule has 2 aliphatic heterocycles. The van der Waals surface area contributed by atoms with Crippen LogP contribution in [0.2, 0.25) is 0 Å². The highest BCUT2D eigenvalue weighted by molar-refractivity contribution is 6.21. The topological polar surface area (TPSA) is 6.48 Å². The van der Waals surface area contributed by atoms with Gasteiger partial charge in [0.05, 0.1) is 11.4 Å². The van der Waals surface area contributed by atoms with Crippen LogP contribution in [0.15, 0.2) is 218 Å². The Morgan fingerprint density at radius 2 is 0.635 bits per heavy atom. The van der Waals surface area contributed by atoms with Crippen molar-refractivity contribution in [1.29, 1.82) is 0 Å². The van der Waals surface area contributed by atoms with E-state index < -0.39 is 0 Å². The Morgan fingerprint density at radius 1 is 0.284 bits per heavy atom. The first-order chi connectivity index (χ1) is 36.1. The summed E-state index contributed by atoms with van der Waals surface area (Å²) in [6.45, 7) is 9.56. The van der Waals surface area contributed by atoms with Crippen molar-refractivity contribution in [2.45, 2.75) is 51.4 Å². The number of fused-ring (bicyclic) bond motifs is 12. The van der Waals surface area contributed by atoms with Crippen molar-refractivity contribution in [3.05, 3.63) is 263 Å². The van der Waals surface area contributed by atoms with Gasteiger partial charge in [-0.2, -0.15) is 0 Å². The predicted molar refractivity (Wildman–Crippen MR) is 314 cm³/mol. The van der Waals surface area contributed by atoms with Crippen molar-refractivity contribution in [1.82, 2.24) is 0 Å². The Morgan fingerprint density at radius 3 is 1.16 bits per heavy atom. The molecule has 0 fully saturated rings. The lowest BCUT2D eigenvalue weighted by Gasteiger charge is -2.41. The second-order valence-electron chi connectivity index (χ2n) is 22.0. The maximum Gasteiger partial charge on any atom is 0.0529 e. The molecule has 14 rings (SSSR count). The van der Waals surface area contributed by atoms with Crippen molar-refractivity contribution in [3.8, 4) is 55.6 Å². The molecule has 0 atom stereocenters. The standard InChI is InChI=1S/C72H58N2/c1-71(2)61-36-13-15-40-65(61)73(5)69-56(33-20-38-63(69)71)52-29-18-31-54-59(52)44-60-53(57-34-21-39-64-70(57)74(6)66-41-16-14-37-62(66)72(64,3)4)30-19-32-55(60)68(54)58-35-17-25-48-43-46-23-8-11-27-50(46)49-26-10-7-22-45(49)42-47-24-9-12-28-51(47)67(48)58/h7-41,44H,42-43H2,1-6H3. The van der Waals surface area contributed by atoms with Gasteiger partial charge in [-0.05, 0) is 142 Å². The van der Waals surface area contributed by atoms with Crippen LogP contribution in [0.5, 0.6) is 0 Å². The summed E-state index contributed by atoms with van der Waals surface area (Å²) in [5.41, 5.74) is 28.1. The molecule has 1 aliphatic carbocycles. The molecule has 11 aromatic carbocycles. The van der Waals surface area contributed by atoms with Crippen LogP contribution in [0.4, 0.5) is 22.7 Å². The molecule has 2 nitrogen and oxygen atoms in total. The SMILES string of the molecule is CN1c2ccccc2C(C)(C)c2cccc(-c3cccc4c(-c5cccc6c5-c5ccccc5Cc5ccccc5-c5ccccc5C6)c5cccc(-c6cccc7c6N(C)c6ccccc6C7(C)C)c5cc34)c21. The molecule has 0 N–H and O–H groups in total. The monoisotopic (exact) mass is 950 g/mol. The predicted octanol–water partition coefficient (Wildman–Crippen LogP) is 18.6. The lowest BCUT2D eigenvalue weighted by molar-refractivity contribution is 0.630. The summed E-state index contributed by atoms with van der Waals surface area (Å²) in [4.78, 5) is 4.89. The lowest BCUT2D eigenvalue weighted by atomic mass is 9.72. The fourth-order valence-corrected chi connectivity index (χ4v) is 13.8. The molecule has 356 valence electrons. The third kappa shape index (κ3) is 6.43. The van der Waals surface area contributed by atoms with Gasteiger partial charge in [-0.3, -0.25) is 0 Å². The summed E-state index contributed by atoms with van der Waals surface area (Å²) in [5.74, 6) is 0. The van der Waals surface area contributed by atoms with Gasteiger partial charge in [0.15, 0.2) is 0 Å². The van der Waals surface area contributed by atoms with E-state index in [0.29, 0.717) is 0 Å². The van der Waals surface area contributed by atoms with Crippen molar-refractivity contribution >= 4 is 44.3 Å². The Hall–Kier alpha value is -8.46.